The molecule has 2 aliphatic rings. The highest BCUT2D eigenvalue weighted by atomic mass is 16.6. The van der Waals surface area contributed by atoms with Gasteiger partial charge in [-0.15, -0.1) is 0 Å². The molecule has 0 radical (unpaired) electrons. The summed E-state index contributed by atoms with van der Waals surface area (Å²) in [6.45, 7) is 0.222. The summed E-state index contributed by atoms with van der Waals surface area (Å²) < 4.78 is 5.24. The lowest BCUT2D eigenvalue weighted by molar-refractivity contribution is 0.193. The molecule has 0 aromatic heterocycles. The Balaban J connectivity index is 1.93. The van der Waals surface area contributed by atoms with Crippen LogP contribution in [-0.2, 0) is 4.74 Å². The highest BCUT2D eigenvalue weighted by molar-refractivity contribution is 5.07. The van der Waals surface area contributed by atoms with Gasteiger partial charge in [0.05, 0.1) is 12.2 Å². The first-order valence-electron chi connectivity index (χ1n) is 3.16. The van der Waals surface area contributed by atoms with E-state index in [2.05, 4.69) is 0 Å². The molecule has 0 amide bonds. The van der Waals surface area contributed by atoms with E-state index in [9.17, 15) is 0 Å². The molecule has 1 N–H and O–H groups in total. The third-order valence-corrected chi connectivity index (χ3v) is 2.27. The maximum absolute atomic E-state index is 8.58. The predicted molar refractivity (Wildman–Crippen MR) is 28.5 cm³/mol. The van der Waals surface area contributed by atoms with Crippen LogP contribution in [0.5, 0.6) is 0 Å². The van der Waals surface area contributed by atoms with Crippen LogP contribution in [0.15, 0.2) is 0 Å². The molecule has 2 fully saturated rings. The second-order valence-corrected chi connectivity index (χ2v) is 2.71. The lowest BCUT2D eigenvalue weighted by atomic mass is 9.82. The summed E-state index contributed by atoms with van der Waals surface area (Å²) in [6, 6.07) is 0. The van der Waals surface area contributed by atoms with Crippen LogP contribution in [0.25, 0.3) is 0 Å². The molecule has 1 aliphatic carbocycles. The molecular formula is C6H10O2. The zero-order valence-electron chi connectivity index (χ0n) is 4.76. The SMILES string of the molecule is OC[C@H]1OC12CCC2. The van der Waals surface area contributed by atoms with Gasteiger partial charge in [0.2, 0.25) is 0 Å². The van der Waals surface area contributed by atoms with E-state index in [0.717, 1.165) is 0 Å². The fraction of sp³-hybridized carbons (Fsp3) is 1.00. The van der Waals surface area contributed by atoms with E-state index in [4.69, 9.17) is 9.84 Å². The summed E-state index contributed by atoms with van der Waals surface area (Å²) in [6.07, 6.45) is 3.85. The Morgan fingerprint density at radius 3 is 2.50 bits per heavy atom. The van der Waals surface area contributed by atoms with Gasteiger partial charge in [0, 0.05) is 0 Å². The van der Waals surface area contributed by atoms with Gasteiger partial charge in [0.25, 0.3) is 0 Å². The van der Waals surface area contributed by atoms with Crippen molar-refractivity contribution in [1.29, 1.82) is 0 Å². The zero-order valence-corrected chi connectivity index (χ0v) is 4.76. The summed E-state index contributed by atoms with van der Waals surface area (Å²) in [5.41, 5.74) is 0.189. The highest BCUT2D eigenvalue weighted by Crippen LogP contribution is 2.51. The molecule has 1 heterocycles. The van der Waals surface area contributed by atoms with Crippen molar-refractivity contribution in [2.75, 3.05) is 6.61 Å². The van der Waals surface area contributed by atoms with Crippen LogP contribution >= 0.6 is 0 Å². The first-order chi connectivity index (χ1) is 3.87. The average molecular weight is 114 g/mol. The second-order valence-electron chi connectivity index (χ2n) is 2.71. The summed E-state index contributed by atoms with van der Waals surface area (Å²) in [5, 5.41) is 8.58. The Hall–Kier alpha value is -0.0800. The molecule has 2 heteroatoms. The van der Waals surface area contributed by atoms with Crippen molar-refractivity contribution in [3.63, 3.8) is 0 Å². The van der Waals surface area contributed by atoms with Gasteiger partial charge >= 0.3 is 0 Å². The standard InChI is InChI=1S/C6H10O2/c7-4-5-6(8-5)2-1-3-6/h5,7H,1-4H2/t5-/m1/s1. The first kappa shape index (κ1) is 4.77. The average Bonchev–Trinajstić information content (AvgIpc) is 2.36. The smallest absolute Gasteiger partial charge is 0.110 e. The molecule has 0 bridgehead atoms. The van der Waals surface area contributed by atoms with Crippen LogP contribution in [0.4, 0.5) is 0 Å². The molecule has 2 nitrogen and oxygen atoms in total. The molecule has 1 aliphatic heterocycles. The first-order valence-corrected chi connectivity index (χ1v) is 3.16. The molecule has 0 unspecified atom stereocenters. The van der Waals surface area contributed by atoms with Crippen molar-refractivity contribution in [2.45, 2.75) is 31.0 Å². The topological polar surface area (TPSA) is 32.8 Å². The number of hydrogen-bond acceptors (Lipinski definition) is 2. The molecule has 1 saturated heterocycles. The fourth-order valence-electron chi connectivity index (χ4n) is 1.42. The molecule has 8 heavy (non-hydrogen) atoms. The Bertz CT molecular complexity index is 107. The molecule has 1 atom stereocenters. The van der Waals surface area contributed by atoms with E-state index in [1.807, 2.05) is 0 Å². The van der Waals surface area contributed by atoms with Gasteiger partial charge in [-0.05, 0) is 19.3 Å². The Labute approximate surface area is 48.5 Å². The van der Waals surface area contributed by atoms with Crippen molar-refractivity contribution in [3.05, 3.63) is 0 Å². The van der Waals surface area contributed by atoms with Crippen molar-refractivity contribution in [2.24, 2.45) is 0 Å². The number of ether oxygens (including phenoxy) is 1. The summed E-state index contributed by atoms with van der Waals surface area (Å²) in [5.74, 6) is 0. The van der Waals surface area contributed by atoms with Crippen molar-refractivity contribution in [1.82, 2.24) is 0 Å². The van der Waals surface area contributed by atoms with E-state index in [0.29, 0.717) is 0 Å². The van der Waals surface area contributed by atoms with E-state index in [1.165, 1.54) is 19.3 Å². The zero-order chi connectivity index (χ0) is 5.61. The summed E-state index contributed by atoms with van der Waals surface area (Å²) >= 11 is 0. The second kappa shape index (κ2) is 1.25. The number of aliphatic hydroxyl groups is 1. The molecule has 2 rings (SSSR count). The molecule has 46 valence electrons. The van der Waals surface area contributed by atoms with Gasteiger partial charge < -0.3 is 9.84 Å². The van der Waals surface area contributed by atoms with Crippen LogP contribution in [0.2, 0.25) is 0 Å². The van der Waals surface area contributed by atoms with E-state index in [1.54, 1.807) is 0 Å². The third kappa shape index (κ3) is 0.400. The van der Waals surface area contributed by atoms with Crippen LogP contribution in [0.1, 0.15) is 19.3 Å². The third-order valence-electron chi connectivity index (χ3n) is 2.27. The Morgan fingerprint density at radius 2 is 2.38 bits per heavy atom. The largest absolute Gasteiger partial charge is 0.394 e. The van der Waals surface area contributed by atoms with Gasteiger partial charge in [-0.25, -0.2) is 0 Å². The van der Waals surface area contributed by atoms with Gasteiger partial charge in [-0.2, -0.15) is 0 Å². The quantitative estimate of drug-likeness (QED) is 0.497. The summed E-state index contributed by atoms with van der Waals surface area (Å²) in [7, 11) is 0. The predicted octanol–water partition coefficient (Wildman–Crippen LogP) is 0.300. The fourth-order valence-corrected chi connectivity index (χ4v) is 1.42. The lowest BCUT2D eigenvalue weighted by Gasteiger charge is -2.21. The maximum Gasteiger partial charge on any atom is 0.110 e. The normalized spacial score (nSPS) is 39.4. The lowest BCUT2D eigenvalue weighted by Crippen LogP contribution is -2.25. The van der Waals surface area contributed by atoms with Gasteiger partial charge in [0.1, 0.15) is 6.10 Å². The van der Waals surface area contributed by atoms with Gasteiger partial charge in [0.15, 0.2) is 0 Å². The summed E-state index contributed by atoms with van der Waals surface area (Å²) in [4.78, 5) is 0. The van der Waals surface area contributed by atoms with Crippen LogP contribution < -0.4 is 0 Å². The van der Waals surface area contributed by atoms with E-state index in [-0.39, 0.29) is 18.3 Å². The highest BCUT2D eigenvalue weighted by Gasteiger charge is 2.59. The maximum atomic E-state index is 8.58. The van der Waals surface area contributed by atoms with Crippen LogP contribution in [-0.4, -0.2) is 23.4 Å². The molecular weight excluding hydrogens is 104 g/mol. The van der Waals surface area contributed by atoms with Gasteiger partial charge in [-0.1, -0.05) is 0 Å². The van der Waals surface area contributed by atoms with E-state index >= 15 is 0 Å². The van der Waals surface area contributed by atoms with Crippen LogP contribution in [0, 0.1) is 0 Å². The Kier molecular flexibility index (Phi) is 0.746. The molecule has 1 spiro atoms. The monoisotopic (exact) mass is 114 g/mol. The molecule has 0 aromatic rings. The number of aliphatic hydroxyl groups excluding tert-OH is 1. The van der Waals surface area contributed by atoms with E-state index < -0.39 is 0 Å². The molecule has 1 saturated carbocycles. The molecule has 0 aromatic carbocycles. The van der Waals surface area contributed by atoms with Crippen LogP contribution in [0.3, 0.4) is 0 Å². The Morgan fingerprint density at radius 1 is 1.62 bits per heavy atom. The minimum atomic E-state index is 0.189. The van der Waals surface area contributed by atoms with Crippen molar-refractivity contribution >= 4 is 0 Å². The van der Waals surface area contributed by atoms with Crippen molar-refractivity contribution in [3.8, 4) is 0 Å². The number of epoxide rings is 1. The number of rotatable bonds is 1. The number of hydrogen-bond donors (Lipinski definition) is 1. The van der Waals surface area contributed by atoms with Gasteiger partial charge in [-0.3, -0.25) is 0 Å². The minimum Gasteiger partial charge on any atom is -0.394 e. The minimum absolute atomic E-state index is 0.189. The van der Waals surface area contributed by atoms with Crippen molar-refractivity contribution < 1.29 is 9.84 Å².